The minimum atomic E-state index is -0.437. The summed E-state index contributed by atoms with van der Waals surface area (Å²) < 4.78 is 7.22. The molecule has 2 atom stereocenters. The molecule has 2 N–H and O–H groups in total. The summed E-state index contributed by atoms with van der Waals surface area (Å²) in [6, 6.07) is 19.5. The van der Waals surface area contributed by atoms with Crippen LogP contribution >= 0.6 is 11.8 Å². The molecule has 3 aromatic rings. The number of hydrogen-bond donors (Lipinski definition) is 2. The van der Waals surface area contributed by atoms with E-state index < -0.39 is 5.25 Å². The van der Waals surface area contributed by atoms with E-state index in [2.05, 4.69) is 15.5 Å². The lowest BCUT2D eigenvalue weighted by Gasteiger charge is -2.22. The molecule has 1 saturated heterocycles. The van der Waals surface area contributed by atoms with Crippen LogP contribution in [0.4, 0.5) is 0 Å². The minimum absolute atomic E-state index is 0.0133. The number of nitrogens with zero attached hydrogens (tertiary/aromatic N) is 2. The van der Waals surface area contributed by atoms with Gasteiger partial charge in [-0.3, -0.25) is 9.36 Å². The molecule has 162 valence electrons. The van der Waals surface area contributed by atoms with Gasteiger partial charge in [0.25, 0.3) is 0 Å². The Morgan fingerprint density at radius 1 is 1.19 bits per heavy atom. The minimum Gasteiger partial charge on any atom is -0.376 e. The summed E-state index contributed by atoms with van der Waals surface area (Å²) in [4.78, 5) is 25.3. The van der Waals surface area contributed by atoms with Crippen LogP contribution in [0.25, 0.3) is 0 Å². The highest BCUT2D eigenvalue weighted by Crippen LogP contribution is 2.25. The van der Waals surface area contributed by atoms with Gasteiger partial charge in [0.1, 0.15) is 0 Å². The highest BCUT2D eigenvalue weighted by atomic mass is 32.2. The SMILES string of the molecule is CC(Sc1n[nH]c(=O)n1CC1CCCO1)C(=O)NC(c1ccccc1)c1ccccc1. The number of benzene rings is 2. The second-order valence-electron chi connectivity index (χ2n) is 7.58. The van der Waals surface area contributed by atoms with E-state index in [1.54, 1.807) is 4.57 Å². The normalized spacial score (nSPS) is 17.0. The summed E-state index contributed by atoms with van der Waals surface area (Å²) in [7, 11) is 0. The predicted molar refractivity (Wildman–Crippen MR) is 120 cm³/mol. The molecule has 0 spiro atoms. The number of aromatic nitrogens is 3. The van der Waals surface area contributed by atoms with Crippen LogP contribution in [0.1, 0.15) is 36.9 Å². The summed E-state index contributed by atoms with van der Waals surface area (Å²) in [6.45, 7) is 2.99. The van der Waals surface area contributed by atoms with E-state index in [-0.39, 0.29) is 23.7 Å². The van der Waals surface area contributed by atoms with Crippen LogP contribution in [-0.4, -0.2) is 38.6 Å². The molecule has 1 fully saturated rings. The molecule has 2 heterocycles. The molecular formula is C23H26N4O3S. The van der Waals surface area contributed by atoms with Crippen molar-refractivity contribution < 1.29 is 9.53 Å². The molecule has 0 aliphatic carbocycles. The Labute approximate surface area is 185 Å². The standard InChI is InChI=1S/C23H26N4O3S/c1-16(31-23-26-25-22(29)27(23)15-19-13-8-14-30-19)21(28)24-20(17-9-4-2-5-10-17)18-11-6-3-7-12-18/h2-7,9-12,16,19-20H,8,13-15H2,1H3,(H,24,28)(H,25,29). The smallest absolute Gasteiger partial charge is 0.344 e. The van der Waals surface area contributed by atoms with Crippen molar-refractivity contribution in [3.63, 3.8) is 0 Å². The molecule has 1 aromatic heterocycles. The van der Waals surface area contributed by atoms with E-state index in [0.29, 0.717) is 11.7 Å². The summed E-state index contributed by atoms with van der Waals surface area (Å²) in [6.07, 6.45) is 1.94. The number of carbonyl (C=O) groups is 1. The molecule has 0 saturated carbocycles. The molecule has 0 radical (unpaired) electrons. The van der Waals surface area contributed by atoms with Crippen molar-refractivity contribution in [1.82, 2.24) is 20.1 Å². The Morgan fingerprint density at radius 3 is 2.42 bits per heavy atom. The molecule has 1 aliphatic heterocycles. The Morgan fingerprint density at radius 2 is 1.84 bits per heavy atom. The summed E-state index contributed by atoms with van der Waals surface area (Å²) in [5, 5.41) is 9.85. The van der Waals surface area contributed by atoms with Gasteiger partial charge in [0.15, 0.2) is 5.16 Å². The highest BCUT2D eigenvalue weighted by molar-refractivity contribution is 8.00. The van der Waals surface area contributed by atoms with Gasteiger partial charge >= 0.3 is 5.69 Å². The molecule has 2 aromatic carbocycles. The zero-order valence-electron chi connectivity index (χ0n) is 17.4. The Kier molecular flexibility index (Phi) is 6.89. The molecule has 2 unspecified atom stereocenters. The Bertz CT molecular complexity index is 1010. The number of rotatable bonds is 8. The quantitative estimate of drug-likeness (QED) is 0.528. The first-order valence-corrected chi connectivity index (χ1v) is 11.3. The number of nitrogens with one attached hydrogen (secondary N) is 2. The van der Waals surface area contributed by atoms with Crippen LogP contribution in [0.2, 0.25) is 0 Å². The fourth-order valence-corrected chi connectivity index (χ4v) is 4.54. The summed E-state index contributed by atoms with van der Waals surface area (Å²) in [5.41, 5.74) is 1.74. The van der Waals surface area contributed by atoms with Crippen molar-refractivity contribution in [3.8, 4) is 0 Å². The monoisotopic (exact) mass is 438 g/mol. The van der Waals surface area contributed by atoms with Crippen LogP contribution in [-0.2, 0) is 16.1 Å². The van der Waals surface area contributed by atoms with Gasteiger partial charge < -0.3 is 10.1 Å². The van der Waals surface area contributed by atoms with E-state index in [9.17, 15) is 9.59 Å². The molecule has 4 rings (SSSR count). The Hall–Kier alpha value is -2.84. The lowest BCUT2D eigenvalue weighted by atomic mass is 9.98. The van der Waals surface area contributed by atoms with Crippen LogP contribution in [0, 0.1) is 0 Å². The van der Waals surface area contributed by atoms with Crippen molar-refractivity contribution in [2.75, 3.05) is 6.61 Å². The first-order valence-electron chi connectivity index (χ1n) is 10.5. The largest absolute Gasteiger partial charge is 0.376 e. The van der Waals surface area contributed by atoms with E-state index >= 15 is 0 Å². The number of H-pyrrole nitrogens is 1. The predicted octanol–water partition coefficient (Wildman–Crippen LogP) is 3.14. The van der Waals surface area contributed by atoms with Gasteiger partial charge in [-0.1, -0.05) is 72.4 Å². The number of thioether (sulfide) groups is 1. The van der Waals surface area contributed by atoms with E-state index in [0.717, 1.165) is 30.6 Å². The first-order chi connectivity index (χ1) is 15.1. The van der Waals surface area contributed by atoms with Crippen molar-refractivity contribution in [3.05, 3.63) is 82.3 Å². The third-order valence-electron chi connectivity index (χ3n) is 5.34. The van der Waals surface area contributed by atoms with Gasteiger partial charge in [0, 0.05) is 6.61 Å². The number of carbonyl (C=O) groups excluding carboxylic acids is 1. The highest BCUT2D eigenvalue weighted by Gasteiger charge is 2.25. The molecule has 7 nitrogen and oxygen atoms in total. The first kappa shape index (κ1) is 21.4. The van der Waals surface area contributed by atoms with Crippen molar-refractivity contribution in [2.45, 2.75) is 48.9 Å². The second-order valence-corrected chi connectivity index (χ2v) is 8.89. The molecular weight excluding hydrogens is 412 g/mol. The third kappa shape index (κ3) is 5.26. The average molecular weight is 439 g/mol. The zero-order valence-corrected chi connectivity index (χ0v) is 18.2. The summed E-state index contributed by atoms with van der Waals surface area (Å²) >= 11 is 1.27. The number of aromatic amines is 1. The maximum absolute atomic E-state index is 13.1. The van der Waals surface area contributed by atoms with Gasteiger partial charge in [-0.25, -0.2) is 9.89 Å². The lowest BCUT2D eigenvalue weighted by molar-refractivity contribution is -0.120. The van der Waals surface area contributed by atoms with Crippen molar-refractivity contribution in [2.24, 2.45) is 0 Å². The van der Waals surface area contributed by atoms with E-state index in [1.165, 1.54) is 11.8 Å². The molecule has 0 bridgehead atoms. The second kappa shape index (κ2) is 9.98. The topological polar surface area (TPSA) is 89.0 Å². The van der Waals surface area contributed by atoms with Gasteiger partial charge in [0.05, 0.1) is 23.9 Å². The summed E-state index contributed by atoms with van der Waals surface area (Å²) in [5.74, 6) is -0.123. The van der Waals surface area contributed by atoms with Crippen molar-refractivity contribution in [1.29, 1.82) is 0 Å². The van der Waals surface area contributed by atoms with Gasteiger partial charge in [-0.15, -0.1) is 5.10 Å². The van der Waals surface area contributed by atoms with Crippen LogP contribution in [0.15, 0.2) is 70.6 Å². The van der Waals surface area contributed by atoms with Gasteiger partial charge in [-0.2, -0.15) is 0 Å². The fraction of sp³-hybridized carbons (Fsp3) is 0.348. The number of amides is 1. The van der Waals surface area contributed by atoms with E-state index in [1.807, 2.05) is 67.6 Å². The molecule has 8 heteroatoms. The van der Waals surface area contributed by atoms with Crippen LogP contribution in [0.3, 0.4) is 0 Å². The van der Waals surface area contributed by atoms with Gasteiger partial charge in [0.2, 0.25) is 5.91 Å². The number of ether oxygens (including phenoxy) is 1. The van der Waals surface area contributed by atoms with Gasteiger partial charge in [-0.05, 0) is 30.9 Å². The van der Waals surface area contributed by atoms with Crippen molar-refractivity contribution >= 4 is 17.7 Å². The molecule has 1 aliphatic rings. The zero-order chi connectivity index (χ0) is 21.6. The fourth-order valence-electron chi connectivity index (χ4n) is 3.67. The van der Waals surface area contributed by atoms with Crippen LogP contribution in [0.5, 0.6) is 0 Å². The third-order valence-corrected chi connectivity index (χ3v) is 6.43. The number of hydrogen-bond acceptors (Lipinski definition) is 5. The maximum Gasteiger partial charge on any atom is 0.344 e. The maximum atomic E-state index is 13.1. The molecule has 1 amide bonds. The average Bonchev–Trinajstić information content (AvgIpc) is 3.44. The molecule has 31 heavy (non-hydrogen) atoms. The van der Waals surface area contributed by atoms with E-state index in [4.69, 9.17) is 4.74 Å². The van der Waals surface area contributed by atoms with Crippen LogP contribution < -0.4 is 11.0 Å². The lowest BCUT2D eigenvalue weighted by Crippen LogP contribution is -2.35. The Balaban J connectivity index is 1.48.